The Kier molecular flexibility index (Phi) is 5.92. The van der Waals surface area contributed by atoms with Gasteiger partial charge in [0.15, 0.2) is 0 Å². The van der Waals surface area contributed by atoms with E-state index in [0.29, 0.717) is 33.9 Å². The Bertz CT molecular complexity index is 1500. The number of nitrogens with zero attached hydrogens (tertiary/aromatic N) is 1. The van der Waals surface area contributed by atoms with Crippen LogP contribution >= 0.6 is 11.8 Å². The molecule has 1 unspecified atom stereocenters. The Morgan fingerprint density at radius 1 is 1.00 bits per heavy atom. The van der Waals surface area contributed by atoms with Gasteiger partial charge in [-0.15, -0.1) is 11.8 Å². The number of hydrogen-bond donors (Lipinski definition) is 1. The predicted octanol–water partition coefficient (Wildman–Crippen LogP) is 6.40. The van der Waals surface area contributed by atoms with Gasteiger partial charge in [0.2, 0.25) is 0 Å². The molecule has 8 heteroatoms. The largest absolute Gasteiger partial charge is 0.481 e. The van der Waals surface area contributed by atoms with Gasteiger partial charge in [0.1, 0.15) is 0 Å². The Morgan fingerprint density at radius 3 is 2.51 bits per heavy atom. The summed E-state index contributed by atoms with van der Waals surface area (Å²) in [6.45, 7) is 0. The molecule has 2 heterocycles. The third-order valence-corrected chi connectivity index (χ3v) is 7.44. The number of carboxylic acids is 1. The van der Waals surface area contributed by atoms with Crippen LogP contribution in [0.1, 0.15) is 29.2 Å². The summed E-state index contributed by atoms with van der Waals surface area (Å²) >= 11 is 1.31. The van der Waals surface area contributed by atoms with Crippen molar-refractivity contribution in [1.29, 1.82) is 0 Å². The van der Waals surface area contributed by atoms with Gasteiger partial charge in [0.25, 0.3) is 5.56 Å². The summed E-state index contributed by atoms with van der Waals surface area (Å²) in [4.78, 5) is 24.5. The first-order chi connectivity index (χ1) is 16.7. The number of carbonyl (C=O) groups is 1. The molecule has 178 valence electrons. The molecule has 5 rings (SSSR count). The smallest absolute Gasteiger partial charge is 0.416 e. The second-order valence-electron chi connectivity index (χ2n) is 8.51. The van der Waals surface area contributed by atoms with Gasteiger partial charge in [-0.05, 0) is 46.0 Å². The molecule has 1 aliphatic heterocycles. The highest BCUT2D eigenvalue weighted by Gasteiger charge is 2.33. The predicted molar refractivity (Wildman–Crippen MR) is 130 cm³/mol. The van der Waals surface area contributed by atoms with E-state index >= 15 is 0 Å². The van der Waals surface area contributed by atoms with Gasteiger partial charge in [-0.2, -0.15) is 13.2 Å². The lowest BCUT2D eigenvalue weighted by Crippen LogP contribution is -2.26. The summed E-state index contributed by atoms with van der Waals surface area (Å²) in [6, 6.07) is 19.6. The summed E-state index contributed by atoms with van der Waals surface area (Å²) in [6.07, 6.45) is -4.40. The van der Waals surface area contributed by atoms with Crippen molar-refractivity contribution in [3.05, 3.63) is 99.8 Å². The van der Waals surface area contributed by atoms with Crippen LogP contribution in [-0.2, 0) is 17.4 Å². The van der Waals surface area contributed by atoms with E-state index in [1.54, 1.807) is 6.07 Å². The number of halogens is 3. The van der Waals surface area contributed by atoms with Crippen LogP contribution in [0, 0.1) is 0 Å². The molecule has 1 N–H and O–H groups in total. The summed E-state index contributed by atoms with van der Waals surface area (Å²) < 4.78 is 42.0. The third-order valence-electron chi connectivity index (χ3n) is 6.22. The molecule has 0 spiro atoms. The Balaban J connectivity index is 1.73. The SMILES string of the molecule is O=C(O)CC1CSc2c(-c3cccc(C(F)(F)F)c3)c(Cc3cccc4ccccc34)cc(=O)n21. The highest BCUT2D eigenvalue weighted by atomic mass is 32.2. The maximum atomic E-state index is 13.5. The molecular weight excluding hydrogens is 475 g/mol. The zero-order chi connectivity index (χ0) is 24.7. The van der Waals surface area contributed by atoms with Crippen LogP contribution in [0.2, 0.25) is 0 Å². The minimum absolute atomic E-state index is 0.232. The summed E-state index contributed by atoms with van der Waals surface area (Å²) in [5.74, 6) is -0.665. The molecule has 4 nitrogen and oxygen atoms in total. The first kappa shape index (κ1) is 23.2. The van der Waals surface area contributed by atoms with Crippen molar-refractivity contribution in [2.24, 2.45) is 0 Å². The lowest BCUT2D eigenvalue weighted by atomic mass is 9.93. The Labute approximate surface area is 203 Å². The molecule has 1 aliphatic rings. The standard InChI is InChI=1S/C27H20F3NO3S/c28-27(29,30)20-9-4-8-18(12-20)25-19(11-17-7-3-6-16-5-1-2-10-22(16)17)13-23(32)31-21(14-24(33)34)15-35-26(25)31/h1-10,12-13,21H,11,14-15H2,(H,33,34). The summed E-state index contributed by atoms with van der Waals surface area (Å²) in [5, 5.41) is 11.8. The number of fused-ring (bicyclic) bond motifs is 2. The van der Waals surface area contributed by atoms with Gasteiger partial charge in [-0.1, -0.05) is 54.6 Å². The van der Waals surface area contributed by atoms with Gasteiger partial charge < -0.3 is 5.11 Å². The number of aromatic nitrogens is 1. The third kappa shape index (κ3) is 4.46. The highest BCUT2D eigenvalue weighted by Crippen LogP contribution is 2.43. The summed E-state index contributed by atoms with van der Waals surface area (Å²) in [5.41, 5.74) is 1.33. The second kappa shape index (κ2) is 8.92. The van der Waals surface area contributed by atoms with E-state index in [-0.39, 0.29) is 12.0 Å². The Morgan fingerprint density at radius 2 is 1.74 bits per heavy atom. The lowest BCUT2D eigenvalue weighted by molar-refractivity contribution is -0.138. The fraction of sp³-hybridized carbons (Fsp3) is 0.185. The van der Waals surface area contributed by atoms with Crippen molar-refractivity contribution >= 4 is 28.5 Å². The average molecular weight is 496 g/mol. The van der Waals surface area contributed by atoms with Crippen molar-refractivity contribution < 1.29 is 23.1 Å². The number of aliphatic carboxylic acids is 1. The van der Waals surface area contributed by atoms with E-state index in [2.05, 4.69) is 0 Å². The van der Waals surface area contributed by atoms with Gasteiger partial charge >= 0.3 is 12.1 Å². The number of hydrogen-bond acceptors (Lipinski definition) is 3. The van der Waals surface area contributed by atoms with E-state index < -0.39 is 23.8 Å². The molecule has 4 aromatic rings. The number of pyridine rings is 1. The van der Waals surface area contributed by atoms with Crippen molar-refractivity contribution in [1.82, 2.24) is 4.57 Å². The molecule has 0 aliphatic carbocycles. The molecule has 1 atom stereocenters. The van der Waals surface area contributed by atoms with E-state index in [4.69, 9.17) is 0 Å². The van der Waals surface area contributed by atoms with Gasteiger partial charge in [-0.3, -0.25) is 14.2 Å². The number of alkyl halides is 3. The molecule has 0 fully saturated rings. The van der Waals surface area contributed by atoms with Crippen molar-refractivity contribution in [3.63, 3.8) is 0 Å². The van der Waals surface area contributed by atoms with Crippen LogP contribution in [0.3, 0.4) is 0 Å². The van der Waals surface area contributed by atoms with E-state index in [1.807, 2.05) is 42.5 Å². The van der Waals surface area contributed by atoms with Gasteiger partial charge in [0.05, 0.1) is 23.1 Å². The summed E-state index contributed by atoms with van der Waals surface area (Å²) in [7, 11) is 0. The molecule has 0 saturated heterocycles. The van der Waals surface area contributed by atoms with Crippen LogP contribution < -0.4 is 5.56 Å². The number of benzene rings is 3. The molecule has 0 bridgehead atoms. The maximum Gasteiger partial charge on any atom is 0.416 e. The van der Waals surface area contributed by atoms with Gasteiger partial charge in [-0.25, -0.2) is 0 Å². The quantitative estimate of drug-likeness (QED) is 0.348. The normalized spacial score (nSPS) is 15.3. The average Bonchev–Trinajstić information content (AvgIpc) is 3.22. The lowest BCUT2D eigenvalue weighted by Gasteiger charge is -2.19. The number of rotatable bonds is 5. The zero-order valence-corrected chi connectivity index (χ0v) is 19.2. The molecule has 35 heavy (non-hydrogen) atoms. The number of carboxylic acid groups (broad SMARTS) is 1. The zero-order valence-electron chi connectivity index (χ0n) is 18.4. The monoisotopic (exact) mass is 495 g/mol. The minimum Gasteiger partial charge on any atom is -0.481 e. The minimum atomic E-state index is -4.51. The van der Waals surface area contributed by atoms with E-state index in [0.717, 1.165) is 28.5 Å². The second-order valence-corrected chi connectivity index (χ2v) is 9.52. The van der Waals surface area contributed by atoms with Crippen molar-refractivity contribution in [2.45, 2.75) is 30.1 Å². The molecule has 0 radical (unpaired) electrons. The molecule has 1 aromatic heterocycles. The molecular formula is C27H20F3NO3S. The van der Waals surface area contributed by atoms with E-state index in [1.165, 1.54) is 28.5 Å². The van der Waals surface area contributed by atoms with Crippen LogP contribution in [0.15, 0.2) is 82.6 Å². The fourth-order valence-electron chi connectivity index (χ4n) is 4.69. The first-order valence-electron chi connectivity index (χ1n) is 11.0. The Hall–Kier alpha value is -3.52. The van der Waals surface area contributed by atoms with Crippen LogP contribution in [0.4, 0.5) is 13.2 Å². The van der Waals surface area contributed by atoms with Crippen LogP contribution in [0.25, 0.3) is 21.9 Å². The van der Waals surface area contributed by atoms with Gasteiger partial charge in [0, 0.05) is 17.4 Å². The highest BCUT2D eigenvalue weighted by molar-refractivity contribution is 7.99. The first-order valence-corrected chi connectivity index (χ1v) is 12.0. The molecule has 0 amide bonds. The molecule has 0 saturated carbocycles. The fourth-order valence-corrected chi connectivity index (χ4v) is 6.08. The molecule has 3 aromatic carbocycles. The van der Waals surface area contributed by atoms with Crippen molar-refractivity contribution in [3.8, 4) is 11.1 Å². The van der Waals surface area contributed by atoms with E-state index in [9.17, 15) is 27.9 Å². The van der Waals surface area contributed by atoms with Crippen LogP contribution in [-0.4, -0.2) is 21.4 Å². The van der Waals surface area contributed by atoms with Crippen molar-refractivity contribution in [2.75, 3.05) is 5.75 Å². The maximum absolute atomic E-state index is 13.5. The van der Waals surface area contributed by atoms with Crippen LogP contribution in [0.5, 0.6) is 0 Å². The number of thioether (sulfide) groups is 1. The topological polar surface area (TPSA) is 59.3 Å².